The van der Waals surface area contributed by atoms with Crippen LogP contribution in [-0.4, -0.2) is 23.4 Å². The molecule has 1 aliphatic rings. The van der Waals surface area contributed by atoms with Crippen LogP contribution in [0.4, 0.5) is 15.8 Å². The predicted octanol–water partition coefficient (Wildman–Crippen LogP) is 4.88. The van der Waals surface area contributed by atoms with E-state index in [0.29, 0.717) is 23.5 Å². The molecule has 0 saturated heterocycles. The summed E-state index contributed by atoms with van der Waals surface area (Å²) in [5.74, 6) is -0.0975. The van der Waals surface area contributed by atoms with Gasteiger partial charge in [-0.15, -0.1) is 0 Å². The second-order valence-electron chi connectivity index (χ2n) is 7.63. The van der Waals surface area contributed by atoms with Crippen molar-refractivity contribution in [2.75, 3.05) is 17.2 Å². The van der Waals surface area contributed by atoms with Gasteiger partial charge in [-0.25, -0.2) is 4.39 Å². The SMILES string of the molecule is O=C(CCc1c(-c2ccc(F)cc2)[nH]c2ccccc12)Nc1ccc2c(c1)NC(=O)CO2. The smallest absolute Gasteiger partial charge is 0.262 e. The number of hydrogen-bond acceptors (Lipinski definition) is 3. The number of aromatic nitrogens is 1. The molecule has 5 rings (SSSR count). The number of anilines is 2. The third-order valence-electron chi connectivity index (χ3n) is 5.44. The van der Waals surface area contributed by atoms with Gasteiger partial charge in [0.15, 0.2) is 6.61 Å². The van der Waals surface area contributed by atoms with Crippen LogP contribution in [0.3, 0.4) is 0 Å². The van der Waals surface area contributed by atoms with Crippen LogP contribution in [-0.2, 0) is 16.0 Å². The van der Waals surface area contributed by atoms with Crippen LogP contribution in [0.1, 0.15) is 12.0 Å². The van der Waals surface area contributed by atoms with E-state index in [1.807, 2.05) is 24.3 Å². The molecule has 0 saturated carbocycles. The molecule has 2 amide bonds. The molecule has 4 aromatic rings. The Bertz CT molecular complexity index is 1330. The molecule has 0 atom stereocenters. The van der Waals surface area contributed by atoms with E-state index >= 15 is 0 Å². The molecule has 0 bridgehead atoms. The van der Waals surface area contributed by atoms with Crippen LogP contribution in [0.25, 0.3) is 22.2 Å². The van der Waals surface area contributed by atoms with Gasteiger partial charge in [0, 0.05) is 28.7 Å². The Balaban J connectivity index is 1.35. The molecular formula is C25H20FN3O3. The molecule has 3 aromatic carbocycles. The molecule has 0 spiro atoms. The number of hydrogen-bond donors (Lipinski definition) is 3. The summed E-state index contributed by atoms with van der Waals surface area (Å²) < 4.78 is 18.7. The van der Waals surface area contributed by atoms with E-state index in [4.69, 9.17) is 4.74 Å². The van der Waals surface area contributed by atoms with Crippen molar-refractivity contribution in [2.45, 2.75) is 12.8 Å². The van der Waals surface area contributed by atoms with E-state index in [0.717, 1.165) is 27.7 Å². The lowest BCUT2D eigenvalue weighted by Gasteiger charge is -2.18. The number of para-hydroxylation sites is 1. The topological polar surface area (TPSA) is 83.2 Å². The van der Waals surface area contributed by atoms with Crippen molar-refractivity contribution in [3.8, 4) is 17.0 Å². The normalized spacial score (nSPS) is 12.7. The second-order valence-corrected chi connectivity index (χ2v) is 7.63. The van der Waals surface area contributed by atoms with Gasteiger partial charge in [0.1, 0.15) is 11.6 Å². The average Bonchev–Trinajstić information content (AvgIpc) is 3.16. The Labute approximate surface area is 183 Å². The van der Waals surface area contributed by atoms with Crippen LogP contribution >= 0.6 is 0 Å². The number of ether oxygens (including phenoxy) is 1. The maximum Gasteiger partial charge on any atom is 0.262 e. The molecule has 7 heteroatoms. The highest BCUT2D eigenvalue weighted by atomic mass is 19.1. The van der Waals surface area contributed by atoms with Gasteiger partial charge in [-0.05, 0) is 66.1 Å². The highest BCUT2D eigenvalue weighted by Crippen LogP contribution is 2.32. The third-order valence-corrected chi connectivity index (χ3v) is 5.44. The minimum Gasteiger partial charge on any atom is -0.482 e. The summed E-state index contributed by atoms with van der Waals surface area (Å²) >= 11 is 0. The van der Waals surface area contributed by atoms with E-state index in [1.54, 1.807) is 30.3 Å². The van der Waals surface area contributed by atoms with E-state index < -0.39 is 0 Å². The first-order valence-corrected chi connectivity index (χ1v) is 10.3. The molecule has 32 heavy (non-hydrogen) atoms. The van der Waals surface area contributed by atoms with Crippen LogP contribution in [0, 0.1) is 5.82 Å². The number of carbonyl (C=O) groups is 2. The zero-order valence-electron chi connectivity index (χ0n) is 17.1. The van der Waals surface area contributed by atoms with Gasteiger partial charge in [-0.2, -0.15) is 0 Å². The molecule has 0 aliphatic carbocycles. The van der Waals surface area contributed by atoms with Crippen molar-refractivity contribution in [1.29, 1.82) is 0 Å². The summed E-state index contributed by atoms with van der Waals surface area (Å²) in [6.07, 6.45) is 0.767. The number of benzene rings is 3. The summed E-state index contributed by atoms with van der Waals surface area (Å²) in [5, 5.41) is 6.65. The largest absolute Gasteiger partial charge is 0.482 e. The molecule has 1 aromatic heterocycles. The number of amides is 2. The van der Waals surface area contributed by atoms with Gasteiger partial charge in [0.2, 0.25) is 5.91 Å². The quantitative estimate of drug-likeness (QED) is 0.423. The van der Waals surface area contributed by atoms with Crippen LogP contribution in [0.5, 0.6) is 5.75 Å². The molecule has 2 heterocycles. The van der Waals surface area contributed by atoms with Crippen molar-refractivity contribution in [2.24, 2.45) is 0 Å². The molecule has 160 valence electrons. The lowest BCUT2D eigenvalue weighted by molar-refractivity contribution is -0.118. The Morgan fingerprint density at radius 1 is 1.06 bits per heavy atom. The van der Waals surface area contributed by atoms with Gasteiger partial charge in [-0.1, -0.05) is 18.2 Å². The minimum absolute atomic E-state index is 0.0142. The number of aromatic amines is 1. The summed E-state index contributed by atoms with van der Waals surface area (Å²) in [6, 6.07) is 19.3. The van der Waals surface area contributed by atoms with Gasteiger partial charge in [0.25, 0.3) is 5.91 Å². The number of carbonyl (C=O) groups excluding carboxylic acids is 2. The monoisotopic (exact) mass is 429 g/mol. The lowest BCUT2D eigenvalue weighted by atomic mass is 10.0. The second kappa shape index (κ2) is 8.19. The highest BCUT2D eigenvalue weighted by Gasteiger charge is 2.18. The maximum absolute atomic E-state index is 13.4. The molecule has 0 radical (unpaired) electrons. The Kier molecular flexibility index (Phi) is 5.07. The molecule has 6 nitrogen and oxygen atoms in total. The van der Waals surface area contributed by atoms with E-state index in [1.165, 1.54) is 12.1 Å². The highest BCUT2D eigenvalue weighted by molar-refractivity contribution is 5.98. The minimum atomic E-state index is -0.294. The third kappa shape index (κ3) is 3.92. The maximum atomic E-state index is 13.4. The molecule has 0 fully saturated rings. The molecule has 3 N–H and O–H groups in total. The fraction of sp³-hybridized carbons (Fsp3) is 0.120. The van der Waals surface area contributed by atoms with Gasteiger partial charge in [0.05, 0.1) is 5.69 Å². The van der Waals surface area contributed by atoms with E-state index in [9.17, 15) is 14.0 Å². The van der Waals surface area contributed by atoms with Crippen molar-refractivity contribution in [1.82, 2.24) is 4.98 Å². The van der Waals surface area contributed by atoms with Crippen molar-refractivity contribution >= 4 is 34.1 Å². The Hall–Kier alpha value is -4.13. The average molecular weight is 429 g/mol. The zero-order chi connectivity index (χ0) is 22.1. The first-order valence-electron chi connectivity index (χ1n) is 10.3. The van der Waals surface area contributed by atoms with Gasteiger partial charge in [-0.3, -0.25) is 9.59 Å². The first-order chi connectivity index (χ1) is 15.6. The fourth-order valence-corrected chi connectivity index (χ4v) is 3.95. The number of aryl methyl sites for hydroxylation is 1. The van der Waals surface area contributed by atoms with Gasteiger partial charge < -0.3 is 20.4 Å². The van der Waals surface area contributed by atoms with Crippen molar-refractivity contribution in [3.63, 3.8) is 0 Å². The Morgan fingerprint density at radius 2 is 1.88 bits per heavy atom. The number of nitrogens with one attached hydrogen (secondary N) is 3. The van der Waals surface area contributed by atoms with E-state index in [-0.39, 0.29) is 30.7 Å². The van der Waals surface area contributed by atoms with E-state index in [2.05, 4.69) is 15.6 Å². The predicted molar refractivity (Wildman–Crippen MR) is 121 cm³/mol. The summed E-state index contributed by atoms with van der Waals surface area (Å²) in [6.45, 7) is -0.0142. The van der Waals surface area contributed by atoms with Crippen LogP contribution in [0.15, 0.2) is 66.7 Å². The lowest BCUT2D eigenvalue weighted by Crippen LogP contribution is -2.25. The fourth-order valence-electron chi connectivity index (χ4n) is 3.95. The number of rotatable bonds is 5. The first kappa shape index (κ1) is 19.8. The van der Waals surface area contributed by atoms with Gasteiger partial charge >= 0.3 is 0 Å². The Morgan fingerprint density at radius 3 is 2.72 bits per heavy atom. The van der Waals surface area contributed by atoms with Crippen LogP contribution < -0.4 is 15.4 Å². The molecule has 1 aliphatic heterocycles. The van der Waals surface area contributed by atoms with Crippen molar-refractivity contribution in [3.05, 3.63) is 78.1 Å². The number of halogens is 1. The number of fused-ring (bicyclic) bond motifs is 2. The standard InChI is InChI=1S/C25H20FN3O3/c26-16-7-5-15(6-8-16)25-19(18-3-1-2-4-20(18)29-25)10-12-23(30)27-17-9-11-22-21(13-17)28-24(31)14-32-22/h1-9,11,13,29H,10,12,14H2,(H,27,30)(H,28,31). The zero-order valence-corrected chi connectivity index (χ0v) is 17.1. The van der Waals surface area contributed by atoms with Crippen LogP contribution in [0.2, 0.25) is 0 Å². The summed E-state index contributed by atoms with van der Waals surface area (Å²) in [4.78, 5) is 27.6. The summed E-state index contributed by atoms with van der Waals surface area (Å²) in [5.41, 5.74) is 4.84. The molecule has 0 unspecified atom stereocenters. The number of H-pyrrole nitrogens is 1. The summed E-state index contributed by atoms with van der Waals surface area (Å²) in [7, 11) is 0. The molecular weight excluding hydrogens is 409 g/mol. The van der Waals surface area contributed by atoms with Crippen molar-refractivity contribution < 1.29 is 18.7 Å².